The quantitative estimate of drug-likeness (QED) is 0.804. The minimum absolute atomic E-state index is 0.0637. The number of nitrogen functional groups attached to an aromatic ring is 1. The molecule has 0 radical (unpaired) electrons. The molecule has 1 saturated carbocycles. The number of nitrogens with two attached hydrogens (primary N) is 1. The third kappa shape index (κ3) is 2.42. The molecule has 6 heteroatoms. The normalized spacial score (nSPS) is 23.6. The number of benzene rings is 1. The first-order valence-electron chi connectivity index (χ1n) is 5.52. The highest BCUT2D eigenvalue weighted by molar-refractivity contribution is 7.89. The van der Waals surface area contributed by atoms with Crippen LogP contribution >= 0.6 is 0 Å². The Kier molecular flexibility index (Phi) is 3.09. The zero-order chi connectivity index (χ0) is 12.6. The molecule has 1 aliphatic carbocycles. The maximum Gasteiger partial charge on any atom is 0.245 e. The van der Waals surface area contributed by atoms with Gasteiger partial charge in [-0.1, -0.05) is 19.4 Å². The second-order valence-corrected chi connectivity index (χ2v) is 5.94. The van der Waals surface area contributed by atoms with Gasteiger partial charge in [-0.2, -0.15) is 0 Å². The summed E-state index contributed by atoms with van der Waals surface area (Å²) in [6, 6.07) is 3.77. The smallest absolute Gasteiger partial charge is 0.245 e. The van der Waals surface area contributed by atoms with Crippen molar-refractivity contribution in [2.24, 2.45) is 5.92 Å². The minimum Gasteiger partial charge on any atom is -0.398 e. The highest BCUT2D eigenvalue weighted by Crippen LogP contribution is 2.35. The Hall–Kier alpha value is -1.14. The van der Waals surface area contributed by atoms with E-state index in [1.54, 1.807) is 0 Å². The molecule has 1 fully saturated rings. The van der Waals surface area contributed by atoms with Crippen LogP contribution in [0.5, 0.6) is 0 Å². The van der Waals surface area contributed by atoms with Gasteiger partial charge in [0.15, 0.2) is 0 Å². The van der Waals surface area contributed by atoms with Gasteiger partial charge in [0.25, 0.3) is 0 Å². The Balaban J connectivity index is 2.26. The lowest BCUT2D eigenvalue weighted by Crippen LogP contribution is -2.28. The van der Waals surface area contributed by atoms with E-state index < -0.39 is 20.7 Å². The number of rotatable bonds is 4. The van der Waals surface area contributed by atoms with Crippen molar-refractivity contribution in [3.05, 3.63) is 24.0 Å². The first kappa shape index (κ1) is 12.3. The standard InChI is InChI=1S/C11H15FN2O2S/c1-2-7-6-10(7)14-17(15,16)11-8(12)4-3-5-9(11)13/h3-5,7,10,14H,2,6,13H2,1H3. The first-order valence-corrected chi connectivity index (χ1v) is 7.00. The molecule has 0 bridgehead atoms. The third-order valence-corrected chi connectivity index (χ3v) is 4.60. The van der Waals surface area contributed by atoms with E-state index in [4.69, 9.17) is 5.73 Å². The molecule has 0 aromatic heterocycles. The van der Waals surface area contributed by atoms with Crippen molar-refractivity contribution in [1.29, 1.82) is 0 Å². The summed E-state index contributed by atoms with van der Waals surface area (Å²) in [5, 5.41) is 0. The molecule has 0 amide bonds. The van der Waals surface area contributed by atoms with Gasteiger partial charge in [-0.3, -0.25) is 0 Å². The fourth-order valence-electron chi connectivity index (χ4n) is 1.91. The van der Waals surface area contributed by atoms with E-state index in [2.05, 4.69) is 4.72 Å². The SMILES string of the molecule is CCC1CC1NS(=O)(=O)c1c(N)cccc1F. The van der Waals surface area contributed by atoms with Crippen LogP contribution in [0.2, 0.25) is 0 Å². The molecular weight excluding hydrogens is 243 g/mol. The number of hydrogen-bond acceptors (Lipinski definition) is 3. The summed E-state index contributed by atoms with van der Waals surface area (Å²) < 4.78 is 39.9. The average molecular weight is 258 g/mol. The lowest BCUT2D eigenvalue weighted by molar-refractivity contribution is 0.554. The van der Waals surface area contributed by atoms with Gasteiger partial charge in [0.2, 0.25) is 10.0 Å². The molecule has 3 N–H and O–H groups in total. The monoisotopic (exact) mass is 258 g/mol. The summed E-state index contributed by atoms with van der Waals surface area (Å²) in [4.78, 5) is -0.443. The summed E-state index contributed by atoms with van der Waals surface area (Å²) in [7, 11) is -3.85. The molecule has 94 valence electrons. The third-order valence-electron chi connectivity index (χ3n) is 3.02. The molecule has 1 aromatic rings. The fourth-order valence-corrected chi connectivity index (χ4v) is 3.42. The van der Waals surface area contributed by atoms with Crippen molar-refractivity contribution >= 4 is 15.7 Å². The molecule has 2 unspecified atom stereocenters. The molecule has 0 aliphatic heterocycles. The van der Waals surface area contributed by atoms with E-state index in [0.29, 0.717) is 5.92 Å². The van der Waals surface area contributed by atoms with E-state index in [9.17, 15) is 12.8 Å². The number of hydrogen-bond donors (Lipinski definition) is 2. The van der Waals surface area contributed by atoms with Gasteiger partial charge in [-0.05, 0) is 24.5 Å². The van der Waals surface area contributed by atoms with Crippen LogP contribution in [0.15, 0.2) is 23.1 Å². The number of anilines is 1. The van der Waals surface area contributed by atoms with Gasteiger partial charge >= 0.3 is 0 Å². The molecule has 1 aromatic carbocycles. The molecule has 1 aliphatic rings. The summed E-state index contributed by atoms with van der Waals surface area (Å²) in [6.45, 7) is 2.00. The topological polar surface area (TPSA) is 72.2 Å². The van der Waals surface area contributed by atoms with Gasteiger partial charge in [0, 0.05) is 6.04 Å². The van der Waals surface area contributed by atoms with E-state index in [0.717, 1.165) is 18.9 Å². The lowest BCUT2D eigenvalue weighted by Gasteiger charge is -2.09. The Morgan fingerprint density at radius 2 is 2.24 bits per heavy atom. The molecule has 0 saturated heterocycles. The van der Waals surface area contributed by atoms with E-state index >= 15 is 0 Å². The molecule has 2 rings (SSSR count). The highest BCUT2D eigenvalue weighted by Gasteiger charge is 2.39. The summed E-state index contributed by atoms with van der Waals surface area (Å²) in [6.07, 6.45) is 1.73. The van der Waals surface area contributed by atoms with E-state index in [1.807, 2.05) is 6.92 Å². The summed E-state index contributed by atoms with van der Waals surface area (Å²) >= 11 is 0. The molecular formula is C11H15FN2O2S. The van der Waals surface area contributed by atoms with Crippen LogP contribution < -0.4 is 10.5 Å². The van der Waals surface area contributed by atoms with Crippen LogP contribution in [0.4, 0.5) is 10.1 Å². The van der Waals surface area contributed by atoms with Crippen molar-refractivity contribution in [2.75, 3.05) is 5.73 Å². The van der Waals surface area contributed by atoms with Gasteiger partial charge in [0.05, 0.1) is 5.69 Å². The second-order valence-electron chi connectivity index (χ2n) is 4.29. The predicted octanol–water partition coefficient (Wildman–Crippen LogP) is 1.48. The number of nitrogens with one attached hydrogen (secondary N) is 1. The van der Waals surface area contributed by atoms with Gasteiger partial charge < -0.3 is 5.73 Å². The zero-order valence-electron chi connectivity index (χ0n) is 9.48. The van der Waals surface area contributed by atoms with E-state index in [1.165, 1.54) is 12.1 Å². The van der Waals surface area contributed by atoms with Crippen molar-refractivity contribution < 1.29 is 12.8 Å². The number of halogens is 1. The largest absolute Gasteiger partial charge is 0.398 e. The zero-order valence-corrected chi connectivity index (χ0v) is 10.3. The molecule has 0 spiro atoms. The summed E-state index contributed by atoms with van der Waals surface area (Å²) in [5.74, 6) is -0.455. The van der Waals surface area contributed by atoms with Crippen molar-refractivity contribution in [2.45, 2.75) is 30.7 Å². The Bertz CT molecular complexity index is 510. The lowest BCUT2D eigenvalue weighted by atomic mass is 10.3. The number of sulfonamides is 1. The molecule has 17 heavy (non-hydrogen) atoms. The molecule has 0 heterocycles. The van der Waals surface area contributed by atoms with Crippen molar-refractivity contribution in [3.63, 3.8) is 0 Å². The van der Waals surface area contributed by atoms with Crippen LogP contribution in [0.25, 0.3) is 0 Å². The first-order chi connectivity index (χ1) is 7.95. The van der Waals surface area contributed by atoms with Gasteiger partial charge in [-0.25, -0.2) is 17.5 Å². The molecule has 2 atom stereocenters. The van der Waals surface area contributed by atoms with Crippen LogP contribution in [-0.2, 0) is 10.0 Å². The van der Waals surface area contributed by atoms with E-state index in [-0.39, 0.29) is 11.7 Å². The van der Waals surface area contributed by atoms with Crippen LogP contribution in [-0.4, -0.2) is 14.5 Å². The maximum atomic E-state index is 13.5. The van der Waals surface area contributed by atoms with Gasteiger partial charge in [-0.15, -0.1) is 0 Å². The maximum absolute atomic E-state index is 13.5. The Morgan fingerprint density at radius 3 is 2.76 bits per heavy atom. The van der Waals surface area contributed by atoms with Crippen molar-refractivity contribution in [3.8, 4) is 0 Å². The second kappa shape index (κ2) is 4.27. The summed E-state index contributed by atoms with van der Waals surface area (Å²) in [5.41, 5.74) is 5.45. The van der Waals surface area contributed by atoms with Crippen LogP contribution in [0.3, 0.4) is 0 Å². The van der Waals surface area contributed by atoms with Gasteiger partial charge in [0.1, 0.15) is 10.7 Å². The average Bonchev–Trinajstić information content (AvgIpc) is 2.94. The fraction of sp³-hybridized carbons (Fsp3) is 0.455. The Labute approximate surface area is 100 Å². The minimum atomic E-state index is -3.85. The highest BCUT2D eigenvalue weighted by atomic mass is 32.2. The van der Waals surface area contributed by atoms with Crippen LogP contribution in [0.1, 0.15) is 19.8 Å². The molecule has 4 nitrogen and oxygen atoms in total. The Morgan fingerprint density at radius 1 is 1.53 bits per heavy atom. The predicted molar refractivity (Wildman–Crippen MR) is 63.3 cm³/mol. The van der Waals surface area contributed by atoms with Crippen molar-refractivity contribution in [1.82, 2.24) is 4.72 Å². The van der Waals surface area contributed by atoms with Crippen LogP contribution in [0, 0.1) is 11.7 Å².